The number of pyridine rings is 1. The van der Waals surface area contributed by atoms with E-state index in [2.05, 4.69) is 20.9 Å². The lowest BCUT2D eigenvalue weighted by Crippen LogP contribution is -1.85. The molecule has 0 spiro atoms. The Morgan fingerprint density at radius 3 is 3.00 bits per heavy atom. The lowest BCUT2D eigenvalue weighted by atomic mass is 10.4. The third-order valence-electron chi connectivity index (χ3n) is 1.76. The first-order valence-corrected chi connectivity index (χ1v) is 4.62. The normalized spacial score (nSPS) is 10.9. The fraction of sp³-hybridized carbons (Fsp3) is 0.125. The third-order valence-corrected chi connectivity index (χ3v) is 2.65. The van der Waals surface area contributed by atoms with Crippen LogP contribution in [0.25, 0.3) is 11.0 Å². The van der Waals surface area contributed by atoms with Gasteiger partial charge in [0.15, 0.2) is 0 Å². The van der Waals surface area contributed by atoms with Gasteiger partial charge in [-0.2, -0.15) is 0 Å². The molecule has 0 radical (unpaired) electrons. The van der Waals surface area contributed by atoms with E-state index in [9.17, 15) is 0 Å². The van der Waals surface area contributed by atoms with Gasteiger partial charge in [-0.25, -0.2) is 0 Å². The first-order valence-electron chi connectivity index (χ1n) is 3.45. The highest BCUT2D eigenvalue weighted by Crippen LogP contribution is 2.28. The lowest BCUT2D eigenvalue weighted by Gasteiger charge is -1.96. The topological polar surface area (TPSA) is 17.8 Å². The van der Waals surface area contributed by atoms with E-state index in [1.54, 1.807) is 12.3 Å². The first kappa shape index (κ1) is 8.08. The second kappa shape index (κ2) is 2.75. The zero-order valence-corrected chi connectivity index (χ0v) is 8.72. The average molecular weight is 246 g/mol. The van der Waals surface area contributed by atoms with Gasteiger partial charge in [-0.15, -0.1) is 0 Å². The van der Waals surface area contributed by atoms with Crippen molar-refractivity contribution < 1.29 is 0 Å². The molecule has 0 aliphatic carbocycles. The van der Waals surface area contributed by atoms with E-state index >= 15 is 0 Å². The molecule has 0 saturated carbocycles. The maximum absolute atomic E-state index is 5.99. The van der Waals surface area contributed by atoms with Gasteiger partial charge in [-0.05, 0) is 22.0 Å². The van der Waals surface area contributed by atoms with Crippen LogP contribution in [-0.2, 0) is 7.05 Å². The van der Waals surface area contributed by atoms with Crippen LogP contribution in [0.5, 0.6) is 0 Å². The van der Waals surface area contributed by atoms with Crippen LogP contribution in [0.4, 0.5) is 0 Å². The van der Waals surface area contributed by atoms with Crippen LogP contribution in [0.1, 0.15) is 0 Å². The highest BCUT2D eigenvalue weighted by molar-refractivity contribution is 9.10. The van der Waals surface area contributed by atoms with Crippen molar-refractivity contribution in [3.05, 3.63) is 28.0 Å². The van der Waals surface area contributed by atoms with Crippen molar-refractivity contribution in [3.63, 3.8) is 0 Å². The van der Waals surface area contributed by atoms with E-state index in [-0.39, 0.29) is 0 Å². The molecule has 0 aliphatic heterocycles. The van der Waals surface area contributed by atoms with Crippen molar-refractivity contribution in [1.29, 1.82) is 0 Å². The SMILES string of the molecule is Cn1cc(Br)c2nccc(Cl)c21. The van der Waals surface area contributed by atoms with E-state index in [4.69, 9.17) is 11.6 Å². The summed E-state index contributed by atoms with van der Waals surface area (Å²) in [7, 11) is 1.95. The predicted molar refractivity (Wildman–Crippen MR) is 53.4 cm³/mol. The van der Waals surface area contributed by atoms with Crippen molar-refractivity contribution in [2.24, 2.45) is 7.05 Å². The van der Waals surface area contributed by atoms with Gasteiger partial charge in [0.25, 0.3) is 0 Å². The Labute approximate surface area is 83.3 Å². The van der Waals surface area contributed by atoms with Crippen LogP contribution in [0.2, 0.25) is 5.02 Å². The Morgan fingerprint density at radius 2 is 2.33 bits per heavy atom. The van der Waals surface area contributed by atoms with Crippen molar-refractivity contribution >= 4 is 38.6 Å². The number of fused-ring (bicyclic) bond motifs is 1. The van der Waals surface area contributed by atoms with Crippen molar-refractivity contribution in [1.82, 2.24) is 9.55 Å². The predicted octanol–water partition coefficient (Wildman–Crippen LogP) is 2.99. The molecule has 0 bridgehead atoms. The van der Waals surface area contributed by atoms with Gasteiger partial charge in [0.2, 0.25) is 0 Å². The Hall–Kier alpha value is -0.540. The molecule has 0 aromatic carbocycles. The number of aromatic nitrogens is 2. The summed E-state index contributed by atoms with van der Waals surface area (Å²) in [6.07, 6.45) is 3.65. The summed E-state index contributed by atoms with van der Waals surface area (Å²) in [5.41, 5.74) is 1.87. The van der Waals surface area contributed by atoms with Gasteiger partial charge in [0.05, 0.1) is 15.0 Å². The molecule has 0 unspecified atom stereocenters. The summed E-state index contributed by atoms with van der Waals surface area (Å²) in [6.45, 7) is 0. The Bertz CT molecular complexity index is 436. The zero-order valence-electron chi connectivity index (χ0n) is 6.38. The minimum atomic E-state index is 0.730. The van der Waals surface area contributed by atoms with Gasteiger partial charge in [-0.3, -0.25) is 4.98 Å². The fourth-order valence-corrected chi connectivity index (χ4v) is 2.11. The highest BCUT2D eigenvalue weighted by Gasteiger charge is 2.07. The monoisotopic (exact) mass is 244 g/mol. The molecule has 62 valence electrons. The van der Waals surface area contributed by atoms with Crippen LogP contribution < -0.4 is 0 Å². The van der Waals surface area contributed by atoms with Crippen LogP contribution in [-0.4, -0.2) is 9.55 Å². The molecule has 2 aromatic rings. The van der Waals surface area contributed by atoms with E-state index < -0.39 is 0 Å². The molecule has 0 amide bonds. The summed E-state index contributed by atoms with van der Waals surface area (Å²) < 4.78 is 2.93. The molecule has 2 aromatic heterocycles. The van der Waals surface area contributed by atoms with Gasteiger partial charge in [-0.1, -0.05) is 11.6 Å². The second-order valence-electron chi connectivity index (χ2n) is 2.58. The van der Waals surface area contributed by atoms with Gasteiger partial charge >= 0.3 is 0 Å². The number of aryl methyl sites for hydroxylation is 1. The van der Waals surface area contributed by atoms with E-state index in [1.807, 2.05) is 17.8 Å². The molecular formula is C8H6BrClN2. The molecule has 4 heteroatoms. The molecule has 2 rings (SSSR count). The summed E-state index contributed by atoms with van der Waals surface area (Å²) in [5.74, 6) is 0. The Morgan fingerprint density at radius 1 is 1.58 bits per heavy atom. The molecule has 0 atom stereocenters. The minimum Gasteiger partial charge on any atom is -0.347 e. The lowest BCUT2D eigenvalue weighted by molar-refractivity contribution is 0.966. The average Bonchev–Trinajstić information content (AvgIpc) is 2.29. The van der Waals surface area contributed by atoms with Crippen molar-refractivity contribution in [3.8, 4) is 0 Å². The summed E-state index contributed by atoms with van der Waals surface area (Å²) >= 11 is 9.40. The zero-order chi connectivity index (χ0) is 8.72. The molecule has 2 heterocycles. The smallest absolute Gasteiger partial charge is 0.104 e. The van der Waals surface area contributed by atoms with Crippen molar-refractivity contribution in [2.75, 3.05) is 0 Å². The highest BCUT2D eigenvalue weighted by atomic mass is 79.9. The molecule has 0 N–H and O–H groups in total. The quantitative estimate of drug-likeness (QED) is 0.698. The second-order valence-corrected chi connectivity index (χ2v) is 3.84. The van der Waals surface area contributed by atoms with E-state index in [1.165, 1.54) is 0 Å². The van der Waals surface area contributed by atoms with Crippen molar-refractivity contribution in [2.45, 2.75) is 0 Å². The maximum atomic E-state index is 5.99. The Balaban J connectivity index is 2.99. The van der Waals surface area contributed by atoms with Crippen LogP contribution in [0.3, 0.4) is 0 Å². The summed E-state index contributed by atoms with van der Waals surface area (Å²) in [4.78, 5) is 4.21. The van der Waals surface area contributed by atoms with Crippen LogP contribution in [0.15, 0.2) is 22.9 Å². The summed E-state index contributed by atoms with van der Waals surface area (Å²) in [6, 6.07) is 1.79. The first-order chi connectivity index (χ1) is 5.70. The minimum absolute atomic E-state index is 0.730. The number of rotatable bonds is 0. The molecule has 0 aliphatic rings. The van der Waals surface area contributed by atoms with Crippen LogP contribution >= 0.6 is 27.5 Å². The third kappa shape index (κ3) is 1.04. The number of hydrogen-bond donors (Lipinski definition) is 0. The van der Waals surface area contributed by atoms with E-state index in [0.717, 1.165) is 20.5 Å². The molecule has 2 nitrogen and oxygen atoms in total. The number of hydrogen-bond acceptors (Lipinski definition) is 1. The molecule has 0 saturated heterocycles. The largest absolute Gasteiger partial charge is 0.347 e. The standard InChI is InChI=1S/C8H6BrClN2/c1-12-4-5(9)7-8(12)6(10)2-3-11-7/h2-4H,1H3. The van der Waals surface area contributed by atoms with Gasteiger partial charge < -0.3 is 4.57 Å². The maximum Gasteiger partial charge on any atom is 0.104 e. The van der Waals surface area contributed by atoms with Crippen LogP contribution in [0, 0.1) is 0 Å². The molecule has 0 fully saturated rings. The number of halogens is 2. The van der Waals surface area contributed by atoms with Gasteiger partial charge in [0, 0.05) is 19.4 Å². The fourth-order valence-electron chi connectivity index (χ4n) is 1.24. The number of nitrogens with zero attached hydrogens (tertiary/aromatic N) is 2. The molecular weight excluding hydrogens is 239 g/mol. The van der Waals surface area contributed by atoms with E-state index in [0.29, 0.717) is 0 Å². The Kier molecular flexibility index (Phi) is 1.85. The van der Waals surface area contributed by atoms with Gasteiger partial charge in [0.1, 0.15) is 5.52 Å². The molecule has 12 heavy (non-hydrogen) atoms. The summed E-state index contributed by atoms with van der Waals surface area (Å²) in [5, 5.41) is 0.730.